The summed E-state index contributed by atoms with van der Waals surface area (Å²) in [5.41, 5.74) is 0.257. The number of carboxylic acid groups (broad SMARTS) is 1. The molecule has 4 nitrogen and oxygen atoms in total. The van der Waals surface area contributed by atoms with Gasteiger partial charge in [0.05, 0.1) is 0 Å². The van der Waals surface area contributed by atoms with Gasteiger partial charge >= 0.3 is 6.09 Å². The van der Waals surface area contributed by atoms with Crippen LogP contribution in [0.3, 0.4) is 0 Å². The lowest BCUT2D eigenvalue weighted by Gasteiger charge is -2.08. The Morgan fingerprint density at radius 2 is 2.40 bits per heavy atom. The number of amides is 1. The maximum absolute atomic E-state index is 10.3. The summed E-state index contributed by atoms with van der Waals surface area (Å²) in [6, 6.07) is 0. The highest BCUT2D eigenvalue weighted by atomic mass is 16.4. The fourth-order valence-corrected chi connectivity index (χ4v) is 0.992. The second kappa shape index (κ2) is 2.54. The molecule has 1 rings (SSSR count). The van der Waals surface area contributed by atoms with Gasteiger partial charge in [-0.3, -0.25) is 4.90 Å². The van der Waals surface area contributed by atoms with Crippen molar-refractivity contribution in [3.05, 3.63) is 5.70 Å². The molecule has 1 heterocycles. The smallest absolute Gasteiger partial charge is 0.412 e. The fourth-order valence-electron chi connectivity index (χ4n) is 0.992. The summed E-state index contributed by atoms with van der Waals surface area (Å²) in [5.74, 6) is 1.61. The Balaban J connectivity index is 2.78. The summed E-state index contributed by atoms with van der Waals surface area (Å²) in [6.45, 7) is 0.430. The standard InChI is InChI=1S/C6H7NO3/c8-4-5-2-1-3-7(5)6(9)10/h1-3H2,(H,9,10). The van der Waals surface area contributed by atoms with E-state index < -0.39 is 6.09 Å². The molecule has 1 aliphatic rings. The molecule has 4 heteroatoms. The second-order valence-corrected chi connectivity index (χ2v) is 2.09. The fraction of sp³-hybridized carbons (Fsp3) is 0.500. The molecule has 0 bridgehead atoms. The lowest BCUT2D eigenvalue weighted by molar-refractivity contribution is 0.164. The second-order valence-electron chi connectivity index (χ2n) is 2.09. The normalized spacial score (nSPS) is 17.2. The van der Waals surface area contributed by atoms with E-state index in [1.807, 2.05) is 0 Å². The lowest BCUT2D eigenvalue weighted by atomic mass is 10.3. The van der Waals surface area contributed by atoms with Crippen molar-refractivity contribution in [1.82, 2.24) is 4.90 Å². The summed E-state index contributed by atoms with van der Waals surface area (Å²) in [6.07, 6.45) is 0.211. The van der Waals surface area contributed by atoms with E-state index in [0.717, 1.165) is 11.3 Å². The van der Waals surface area contributed by atoms with Crippen molar-refractivity contribution >= 4 is 12.0 Å². The van der Waals surface area contributed by atoms with Crippen LogP contribution in [0.25, 0.3) is 0 Å². The summed E-state index contributed by atoms with van der Waals surface area (Å²) in [7, 11) is 0. The third-order valence-corrected chi connectivity index (χ3v) is 1.47. The van der Waals surface area contributed by atoms with Crippen LogP contribution in [0, 0.1) is 0 Å². The molecule has 0 atom stereocenters. The Hall–Kier alpha value is -1.28. The van der Waals surface area contributed by atoms with E-state index in [9.17, 15) is 9.59 Å². The Kier molecular flexibility index (Phi) is 1.73. The van der Waals surface area contributed by atoms with Gasteiger partial charge in [-0.25, -0.2) is 9.59 Å². The molecule has 0 unspecified atom stereocenters. The van der Waals surface area contributed by atoms with Gasteiger partial charge < -0.3 is 5.11 Å². The van der Waals surface area contributed by atoms with Crippen LogP contribution in [0.4, 0.5) is 4.79 Å². The average molecular weight is 141 g/mol. The van der Waals surface area contributed by atoms with Crippen molar-refractivity contribution in [2.75, 3.05) is 6.54 Å². The SMILES string of the molecule is O=C=C1CCCN1C(=O)O. The predicted octanol–water partition coefficient (Wildman–Crippen LogP) is 0.476. The monoisotopic (exact) mass is 141 g/mol. The first-order chi connectivity index (χ1) is 4.75. The molecule has 1 amide bonds. The zero-order valence-electron chi connectivity index (χ0n) is 5.33. The topological polar surface area (TPSA) is 57.6 Å². The number of nitrogens with zero attached hydrogens (tertiary/aromatic N) is 1. The summed E-state index contributed by atoms with van der Waals surface area (Å²) >= 11 is 0. The largest absolute Gasteiger partial charge is 0.465 e. The van der Waals surface area contributed by atoms with E-state index in [1.165, 1.54) is 0 Å². The molecular weight excluding hydrogens is 134 g/mol. The van der Waals surface area contributed by atoms with E-state index in [-0.39, 0.29) is 5.70 Å². The van der Waals surface area contributed by atoms with Crippen LogP contribution in [0.15, 0.2) is 5.70 Å². The molecule has 0 radical (unpaired) electrons. The highest BCUT2D eigenvalue weighted by Crippen LogP contribution is 2.17. The van der Waals surface area contributed by atoms with Gasteiger partial charge in [0.1, 0.15) is 11.6 Å². The summed E-state index contributed by atoms with van der Waals surface area (Å²) in [4.78, 5) is 21.4. The highest BCUT2D eigenvalue weighted by Gasteiger charge is 2.23. The first kappa shape index (κ1) is 6.83. The molecule has 1 N–H and O–H groups in total. The number of carbonyl (C=O) groups is 1. The third kappa shape index (κ3) is 1.01. The van der Waals surface area contributed by atoms with Crippen molar-refractivity contribution < 1.29 is 14.7 Å². The van der Waals surface area contributed by atoms with Crippen LogP contribution in [-0.4, -0.2) is 28.6 Å². The van der Waals surface area contributed by atoms with E-state index >= 15 is 0 Å². The zero-order chi connectivity index (χ0) is 7.56. The van der Waals surface area contributed by atoms with Crippen LogP contribution >= 0.6 is 0 Å². The van der Waals surface area contributed by atoms with E-state index in [4.69, 9.17) is 5.11 Å². The average Bonchev–Trinajstić information content (AvgIpc) is 2.33. The molecule has 1 saturated heterocycles. The Morgan fingerprint density at radius 1 is 1.70 bits per heavy atom. The first-order valence-corrected chi connectivity index (χ1v) is 3.00. The minimum absolute atomic E-state index is 0.257. The first-order valence-electron chi connectivity index (χ1n) is 3.00. The van der Waals surface area contributed by atoms with Crippen molar-refractivity contribution in [3.8, 4) is 0 Å². The molecule has 0 aromatic carbocycles. The predicted molar refractivity (Wildman–Crippen MR) is 33.2 cm³/mol. The van der Waals surface area contributed by atoms with Crippen LogP contribution in [0.1, 0.15) is 12.8 Å². The number of hydrogen-bond acceptors (Lipinski definition) is 2. The quantitative estimate of drug-likeness (QED) is 0.499. The van der Waals surface area contributed by atoms with Gasteiger partial charge in [-0.15, -0.1) is 0 Å². The van der Waals surface area contributed by atoms with Gasteiger partial charge in [-0.2, -0.15) is 0 Å². The lowest BCUT2D eigenvalue weighted by Crippen LogP contribution is -2.24. The maximum Gasteiger partial charge on any atom is 0.412 e. The number of likely N-dealkylation sites (tertiary alicyclic amines) is 1. The zero-order valence-corrected chi connectivity index (χ0v) is 5.33. The molecule has 10 heavy (non-hydrogen) atoms. The molecular formula is C6H7NO3. The number of rotatable bonds is 0. The van der Waals surface area contributed by atoms with Gasteiger partial charge in [0.15, 0.2) is 0 Å². The van der Waals surface area contributed by atoms with Gasteiger partial charge in [-0.05, 0) is 6.42 Å². The molecule has 0 saturated carbocycles. The maximum atomic E-state index is 10.3. The molecule has 0 spiro atoms. The summed E-state index contributed by atoms with van der Waals surface area (Å²) in [5, 5.41) is 8.44. The highest BCUT2D eigenvalue weighted by molar-refractivity contribution is 5.72. The molecule has 0 aromatic rings. The van der Waals surface area contributed by atoms with Gasteiger partial charge in [0.2, 0.25) is 0 Å². The minimum atomic E-state index is -1.06. The van der Waals surface area contributed by atoms with E-state index in [1.54, 1.807) is 5.94 Å². The molecule has 1 fully saturated rings. The van der Waals surface area contributed by atoms with Crippen LogP contribution in [0.2, 0.25) is 0 Å². The van der Waals surface area contributed by atoms with Crippen molar-refractivity contribution in [2.45, 2.75) is 12.8 Å². The number of allylic oxidation sites excluding steroid dienone is 1. The van der Waals surface area contributed by atoms with Crippen LogP contribution < -0.4 is 0 Å². The van der Waals surface area contributed by atoms with Crippen molar-refractivity contribution in [1.29, 1.82) is 0 Å². The Morgan fingerprint density at radius 3 is 2.80 bits per heavy atom. The Bertz CT molecular complexity index is 205. The van der Waals surface area contributed by atoms with Crippen molar-refractivity contribution in [3.63, 3.8) is 0 Å². The van der Waals surface area contributed by atoms with Crippen LogP contribution in [-0.2, 0) is 4.79 Å². The van der Waals surface area contributed by atoms with Gasteiger partial charge in [0, 0.05) is 13.0 Å². The van der Waals surface area contributed by atoms with Crippen LogP contribution in [0.5, 0.6) is 0 Å². The van der Waals surface area contributed by atoms with E-state index in [2.05, 4.69) is 0 Å². The third-order valence-electron chi connectivity index (χ3n) is 1.47. The minimum Gasteiger partial charge on any atom is -0.465 e. The van der Waals surface area contributed by atoms with Gasteiger partial charge in [0.25, 0.3) is 0 Å². The number of carbonyl (C=O) groups excluding carboxylic acids is 1. The van der Waals surface area contributed by atoms with Gasteiger partial charge in [-0.1, -0.05) is 0 Å². The molecule has 1 aliphatic heterocycles. The molecule has 54 valence electrons. The molecule has 0 aromatic heterocycles. The van der Waals surface area contributed by atoms with E-state index in [0.29, 0.717) is 13.0 Å². The van der Waals surface area contributed by atoms with Crippen molar-refractivity contribution in [2.24, 2.45) is 0 Å². The summed E-state index contributed by atoms with van der Waals surface area (Å²) < 4.78 is 0. The Labute approximate surface area is 57.7 Å². The number of hydrogen-bond donors (Lipinski definition) is 1. The molecule has 0 aliphatic carbocycles.